The average Bonchev–Trinajstić information content (AvgIpc) is 2.78. The van der Waals surface area contributed by atoms with Crippen molar-refractivity contribution in [1.29, 1.82) is 5.26 Å². The van der Waals surface area contributed by atoms with Crippen molar-refractivity contribution in [2.24, 2.45) is 5.92 Å². The fourth-order valence-electron chi connectivity index (χ4n) is 2.42. The van der Waals surface area contributed by atoms with E-state index in [4.69, 9.17) is 10.4 Å². The molecule has 1 saturated carbocycles. The molecule has 0 heterocycles. The Morgan fingerprint density at radius 1 is 1.47 bits per heavy atom. The molecule has 0 unspecified atom stereocenters. The molecule has 1 aromatic carbocycles. The van der Waals surface area contributed by atoms with Gasteiger partial charge >= 0.3 is 0 Å². The van der Waals surface area contributed by atoms with E-state index < -0.39 is 6.10 Å². The molecule has 1 amide bonds. The number of nitrogens with one attached hydrogen (secondary N) is 1. The Bertz CT molecular complexity index is 510. The van der Waals surface area contributed by atoms with E-state index in [0.717, 1.165) is 0 Å². The summed E-state index contributed by atoms with van der Waals surface area (Å²) >= 11 is 0. The standard InChI is InChI=1S/C14H16N2O3/c15-7-9-2-1-3-10(4-9)14(19)16-12-5-11(8-17)13(18)6-12/h1-4,11-13,17-18H,5-6,8H2,(H,16,19)/t11-,12-,13-/m0/s1. The number of rotatable bonds is 3. The molecule has 0 aromatic heterocycles. The van der Waals surface area contributed by atoms with Gasteiger partial charge in [0.25, 0.3) is 5.91 Å². The van der Waals surface area contributed by atoms with E-state index >= 15 is 0 Å². The molecule has 0 aliphatic heterocycles. The monoisotopic (exact) mass is 260 g/mol. The largest absolute Gasteiger partial charge is 0.396 e. The topological polar surface area (TPSA) is 93.4 Å². The van der Waals surface area contributed by atoms with Crippen LogP contribution in [0.4, 0.5) is 0 Å². The fraction of sp³-hybridized carbons (Fsp3) is 0.429. The molecule has 1 aliphatic carbocycles. The van der Waals surface area contributed by atoms with Crippen LogP contribution in [0.5, 0.6) is 0 Å². The fourth-order valence-corrected chi connectivity index (χ4v) is 2.42. The lowest BCUT2D eigenvalue weighted by molar-refractivity contribution is 0.0903. The molecule has 0 bridgehead atoms. The van der Waals surface area contributed by atoms with Gasteiger partial charge in [-0.2, -0.15) is 5.26 Å². The molecule has 0 saturated heterocycles. The van der Waals surface area contributed by atoms with E-state index in [9.17, 15) is 9.90 Å². The van der Waals surface area contributed by atoms with Crippen LogP contribution >= 0.6 is 0 Å². The number of nitrogens with zero attached hydrogens (tertiary/aromatic N) is 1. The highest BCUT2D eigenvalue weighted by Gasteiger charge is 2.33. The zero-order valence-electron chi connectivity index (χ0n) is 10.4. The van der Waals surface area contributed by atoms with Crippen LogP contribution in [-0.4, -0.2) is 34.9 Å². The molecule has 5 heteroatoms. The number of benzene rings is 1. The van der Waals surface area contributed by atoms with Gasteiger partial charge in [-0.15, -0.1) is 0 Å². The third-order valence-corrected chi connectivity index (χ3v) is 3.48. The quantitative estimate of drug-likeness (QED) is 0.734. The van der Waals surface area contributed by atoms with E-state index in [2.05, 4.69) is 5.32 Å². The number of aliphatic hydroxyl groups excluding tert-OH is 2. The van der Waals surface area contributed by atoms with E-state index in [1.54, 1.807) is 18.2 Å². The first-order valence-electron chi connectivity index (χ1n) is 6.24. The first kappa shape index (κ1) is 13.5. The zero-order valence-corrected chi connectivity index (χ0v) is 10.4. The summed E-state index contributed by atoms with van der Waals surface area (Å²) in [5.74, 6) is -0.427. The van der Waals surface area contributed by atoms with E-state index in [1.807, 2.05) is 6.07 Å². The van der Waals surface area contributed by atoms with Crippen molar-refractivity contribution in [3.05, 3.63) is 35.4 Å². The maximum absolute atomic E-state index is 12.0. The summed E-state index contributed by atoms with van der Waals surface area (Å²) < 4.78 is 0. The van der Waals surface area contributed by atoms with Gasteiger partial charge in [-0.25, -0.2) is 0 Å². The van der Waals surface area contributed by atoms with Crippen LogP contribution < -0.4 is 5.32 Å². The summed E-state index contributed by atoms with van der Waals surface area (Å²) in [6.07, 6.45) is 0.455. The Kier molecular flexibility index (Phi) is 4.15. The van der Waals surface area contributed by atoms with Gasteiger partial charge < -0.3 is 15.5 Å². The highest BCUT2D eigenvalue weighted by Crippen LogP contribution is 2.25. The number of aliphatic hydroxyl groups is 2. The highest BCUT2D eigenvalue weighted by atomic mass is 16.3. The number of carbonyl (C=O) groups is 1. The average molecular weight is 260 g/mol. The smallest absolute Gasteiger partial charge is 0.251 e. The maximum atomic E-state index is 12.0. The molecule has 0 radical (unpaired) electrons. The van der Waals surface area contributed by atoms with Crippen LogP contribution in [0, 0.1) is 17.2 Å². The summed E-state index contributed by atoms with van der Waals surface area (Å²) in [6, 6.07) is 8.33. The Labute approximate surface area is 111 Å². The lowest BCUT2D eigenvalue weighted by Crippen LogP contribution is -2.33. The molecule has 3 atom stereocenters. The lowest BCUT2D eigenvalue weighted by Gasteiger charge is -2.12. The number of nitriles is 1. The van der Waals surface area contributed by atoms with Crippen LogP contribution in [0.2, 0.25) is 0 Å². The van der Waals surface area contributed by atoms with Gasteiger partial charge in [0.05, 0.1) is 17.7 Å². The second-order valence-electron chi connectivity index (χ2n) is 4.84. The SMILES string of the molecule is N#Cc1cccc(C(=O)N[C@H]2C[C@@H](CO)[C@@H](O)C2)c1. The normalized spacial score (nSPS) is 25.8. The zero-order chi connectivity index (χ0) is 13.8. The Hall–Kier alpha value is -1.90. The van der Waals surface area contributed by atoms with Crippen molar-refractivity contribution < 1.29 is 15.0 Å². The third-order valence-electron chi connectivity index (χ3n) is 3.48. The van der Waals surface area contributed by atoms with Gasteiger partial charge in [-0.3, -0.25) is 4.79 Å². The summed E-state index contributed by atoms with van der Waals surface area (Å²) in [5, 5.41) is 30.3. The van der Waals surface area contributed by atoms with Crippen LogP contribution in [0.15, 0.2) is 24.3 Å². The molecular weight excluding hydrogens is 244 g/mol. The minimum absolute atomic E-state index is 0.0720. The lowest BCUT2D eigenvalue weighted by atomic mass is 10.1. The van der Waals surface area contributed by atoms with Gasteiger partial charge in [0.2, 0.25) is 0 Å². The van der Waals surface area contributed by atoms with Crippen LogP contribution in [0.3, 0.4) is 0 Å². The summed E-state index contributed by atoms with van der Waals surface area (Å²) in [7, 11) is 0. The first-order valence-corrected chi connectivity index (χ1v) is 6.24. The van der Waals surface area contributed by atoms with Crippen LogP contribution in [0.1, 0.15) is 28.8 Å². The number of carbonyl (C=O) groups excluding carboxylic acids is 1. The van der Waals surface area contributed by atoms with Crippen LogP contribution in [-0.2, 0) is 0 Å². The minimum atomic E-state index is -0.569. The molecule has 5 nitrogen and oxygen atoms in total. The third kappa shape index (κ3) is 3.11. The van der Waals surface area contributed by atoms with Gasteiger partial charge in [0.15, 0.2) is 0 Å². The van der Waals surface area contributed by atoms with E-state index in [0.29, 0.717) is 24.0 Å². The van der Waals surface area contributed by atoms with Gasteiger partial charge in [0.1, 0.15) is 0 Å². The minimum Gasteiger partial charge on any atom is -0.396 e. The Balaban J connectivity index is 2.00. The van der Waals surface area contributed by atoms with Crippen molar-refractivity contribution in [3.8, 4) is 6.07 Å². The highest BCUT2D eigenvalue weighted by molar-refractivity contribution is 5.94. The predicted octanol–water partition coefficient (Wildman–Crippen LogP) is 0.420. The van der Waals surface area contributed by atoms with Gasteiger partial charge in [-0.1, -0.05) is 6.07 Å². The second-order valence-corrected chi connectivity index (χ2v) is 4.84. The molecule has 1 fully saturated rings. The molecule has 2 rings (SSSR count). The van der Waals surface area contributed by atoms with Crippen molar-refractivity contribution in [2.75, 3.05) is 6.61 Å². The van der Waals surface area contributed by atoms with Crippen molar-refractivity contribution in [3.63, 3.8) is 0 Å². The Morgan fingerprint density at radius 2 is 2.26 bits per heavy atom. The first-order chi connectivity index (χ1) is 9.13. The number of hydrogen-bond acceptors (Lipinski definition) is 4. The molecule has 3 N–H and O–H groups in total. The Morgan fingerprint density at radius 3 is 2.89 bits per heavy atom. The molecular formula is C14H16N2O3. The van der Waals surface area contributed by atoms with Gasteiger partial charge in [0, 0.05) is 24.1 Å². The van der Waals surface area contributed by atoms with Crippen LogP contribution in [0.25, 0.3) is 0 Å². The second kappa shape index (κ2) is 5.83. The van der Waals surface area contributed by atoms with Crippen molar-refractivity contribution in [1.82, 2.24) is 5.32 Å². The van der Waals surface area contributed by atoms with E-state index in [-0.39, 0.29) is 24.5 Å². The van der Waals surface area contributed by atoms with Crippen molar-refractivity contribution in [2.45, 2.75) is 25.0 Å². The number of amides is 1. The summed E-state index contributed by atoms with van der Waals surface area (Å²) in [6.45, 7) is -0.0720. The molecule has 1 aromatic rings. The summed E-state index contributed by atoms with van der Waals surface area (Å²) in [5.41, 5.74) is 0.869. The van der Waals surface area contributed by atoms with Crippen molar-refractivity contribution >= 4 is 5.91 Å². The molecule has 0 spiro atoms. The molecule has 19 heavy (non-hydrogen) atoms. The number of hydrogen-bond donors (Lipinski definition) is 3. The molecule has 1 aliphatic rings. The summed E-state index contributed by atoms with van der Waals surface area (Å²) in [4.78, 5) is 12.0. The van der Waals surface area contributed by atoms with Gasteiger partial charge in [-0.05, 0) is 31.0 Å². The predicted molar refractivity (Wildman–Crippen MR) is 68.2 cm³/mol. The molecule has 100 valence electrons. The van der Waals surface area contributed by atoms with E-state index in [1.165, 1.54) is 6.07 Å². The maximum Gasteiger partial charge on any atom is 0.251 e.